The van der Waals surface area contributed by atoms with Crippen LogP contribution in [0.4, 0.5) is 0 Å². The summed E-state index contributed by atoms with van der Waals surface area (Å²) < 4.78 is 1.34. The van der Waals surface area contributed by atoms with E-state index in [1.54, 1.807) is 48.6 Å². The number of nitrogens with zero attached hydrogens (tertiary/aromatic N) is 1. The summed E-state index contributed by atoms with van der Waals surface area (Å²) in [5.74, 6) is -0.582. The van der Waals surface area contributed by atoms with E-state index >= 15 is 0 Å². The number of hydrogen-bond acceptors (Lipinski definition) is 4. The summed E-state index contributed by atoms with van der Waals surface area (Å²) in [6.07, 6.45) is 4.78. The molecule has 0 radical (unpaired) electrons. The number of nitrogens with one attached hydrogen (secondary N) is 1. The van der Waals surface area contributed by atoms with Gasteiger partial charge in [0.15, 0.2) is 10.6 Å². The van der Waals surface area contributed by atoms with Crippen LogP contribution in [-0.4, -0.2) is 20.4 Å². The van der Waals surface area contributed by atoms with Gasteiger partial charge in [0.2, 0.25) is 5.88 Å². The summed E-state index contributed by atoms with van der Waals surface area (Å²) in [6.45, 7) is 0. The van der Waals surface area contributed by atoms with E-state index in [4.69, 9.17) is 23.8 Å². The van der Waals surface area contributed by atoms with Crippen molar-refractivity contribution in [2.45, 2.75) is 0 Å². The minimum atomic E-state index is -0.583. The first-order valence-electron chi connectivity index (χ1n) is 8.33. The van der Waals surface area contributed by atoms with Gasteiger partial charge >= 0.3 is 0 Å². The van der Waals surface area contributed by atoms with Gasteiger partial charge in [-0.3, -0.25) is 19.1 Å². The fourth-order valence-electron chi connectivity index (χ4n) is 3.03. The number of hydrogen-bond donors (Lipinski definition) is 2. The molecule has 0 amide bonds. The van der Waals surface area contributed by atoms with Crippen molar-refractivity contribution in [3.63, 3.8) is 0 Å². The zero-order valence-electron chi connectivity index (χ0n) is 14.3. The fraction of sp³-hybridized carbons (Fsp3) is 0. The van der Waals surface area contributed by atoms with Crippen LogP contribution in [0.25, 0.3) is 17.8 Å². The summed E-state index contributed by atoms with van der Waals surface area (Å²) in [4.78, 5) is 27.7. The molecule has 0 saturated carbocycles. The average Bonchev–Trinajstić information content (AvgIpc) is 2.68. The molecule has 0 spiro atoms. The number of ketones is 1. The first kappa shape index (κ1) is 18.2. The summed E-state index contributed by atoms with van der Waals surface area (Å²) in [6, 6.07) is 13.8. The van der Waals surface area contributed by atoms with Crippen LogP contribution >= 0.6 is 23.8 Å². The molecular formula is C21H13ClN2O3S. The van der Waals surface area contributed by atoms with Crippen LogP contribution in [0.15, 0.2) is 65.0 Å². The predicted octanol–water partition coefficient (Wildman–Crippen LogP) is 4.55. The van der Waals surface area contributed by atoms with Gasteiger partial charge in [-0.2, -0.15) is 0 Å². The van der Waals surface area contributed by atoms with Crippen molar-refractivity contribution in [2.24, 2.45) is 0 Å². The number of aromatic amines is 1. The number of H-pyrrole nitrogens is 1. The lowest BCUT2D eigenvalue weighted by Gasteiger charge is -2.14. The molecule has 138 valence electrons. The normalized spacial score (nSPS) is 14.3. The largest absolute Gasteiger partial charge is 0.494 e. The second-order valence-corrected chi connectivity index (χ2v) is 6.98. The maximum absolute atomic E-state index is 12.7. The maximum Gasteiger partial charge on any atom is 0.262 e. The maximum atomic E-state index is 12.7. The Morgan fingerprint density at radius 1 is 1.04 bits per heavy atom. The molecule has 0 atom stereocenters. The van der Waals surface area contributed by atoms with Crippen LogP contribution in [0.3, 0.4) is 0 Å². The van der Waals surface area contributed by atoms with Gasteiger partial charge < -0.3 is 5.11 Å². The zero-order valence-corrected chi connectivity index (χ0v) is 15.9. The van der Waals surface area contributed by atoms with Crippen molar-refractivity contribution < 1.29 is 9.90 Å². The van der Waals surface area contributed by atoms with E-state index in [2.05, 4.69) is 4.98 Å². The Morgan fingerprint density at radius 2 is 1.75 bits per heavy atom. The first-order valence-corrected chi connectivity index (χ1v) is 9.12. The topological polar surface area (TPSA) is 75.1 Å². The molecule has 0 saturated heterocycles. The molecule has 0 aliphatic heterocycles. The Bertz CT molecular complexity index is 1280. The number of rotatable bonds is 2. The van der Waals surface area contributed by atoms with E-state index in [-0.39, 0.29) is 22.0 Å². The number of fused-ring (bicyclic) bond motifs is 1. The van der Waals surface area contributed by atoms with Gasteiger partial charge in [0, 0.05) is 16.2 Å². The van der Waals surface area contributed by atoms with Crippen LogP contribution in [0, 0.1) is 4.77 Å². The Morgan fingerprint density at radius 3 is 2.50 bits per heavy atom. The van der Waals surface area contributed by atoms with Crippen molar-refractivity contribution >= 4 is 41.8 Å². The minimum absolute atomic E-state index is 0.0304. The molecule has 2 aromatic carbocycles. The van der Waals surface area contributed by atoms with Crippen LogP contribution in [0.5, 0.6) is 5.88 Å². The van der Waals surface area contributed by atoms with E-state index < -0.39 is 5.56 Å². The number of aromatic nitrogens is 2. The number of allylic oxidation sites excluding steroid dienone is 2. The van der Waals surface area contributed by atoms with Crippen LogP contribution in [-0.2, 0) is 0 Å². The second-order valence-electron chi connectivity index (χ2n) is 6.16. The zero-order chi connectivity index (χ0) is 19.8. The molecule has 1 aliphatic rings. The van der Waals surface area contributed by atoms with Gasteiger partial charge in [0.1, 0.15) is 5.56 Å². The Hall–Kier alpha value is -3.22. The van der Waals surface area contributed by atoms with E-state index in [1.807, 2.05) is 12.1 Å². The molecule has 4 rings (SSSR count). The van der Waals surface area contributed by atoms with Gasteiger partial charge in [-0.05, 0) is 48.1 Å². The minimum Gasteiger partial charge on any atom is -0.494 e. The lowest BCUT2D eigenvalue weighted by molar-refractivity contribution is 0.103. The van der Waals surface area contributed by atoms with E-state index in [0.717, 1.165) is 5.56 Å². The second kappa shape index (κ2) is 7.07. The quantitative estimate of drug-likeness (QED) is 0.482. The molecule has 1 aromatic heterocycles. The van der Waals surface area contributed by atoms with Crippen molar-refractivity contribution in [1.82, 2.24) is 9.55 Å². The molecular weight excluding hydrogens is 396 g/mol. The summed E-state index contributed by atoms with van der Waals surface area (Å²) in [5, 5.41) is 11.3. The number of carbonyl (C=O) groups excluding carboxylic acids is 1. The number of halogens is 1. The number of aromatic hydroxyl groups is 1. The summed E-state index contributed by atoms with van der Waals surface area (Å²) in [5.41, 5.74) is 1.52. The van der Waals surface area contributed by atoms with Crippen LogP contribution in [0.2, 0.25) is 5.02 Å². The summed E-state index contributed by atoms with van der Waals surface area (Å²) in [7, 11) is 0. The Kier molecular flexibility index (Phi) is 4.58. The molecule has 5 nitrogen and oxygen atoms in total. The number of Topliss-reactive ketones (excluding diaryl/α,β-unsaturated/α-hetero) is 1. The highest BCUT2D eigenvalue weighted by Gasteiger charge is 2.20. The third-order valence-corrected chi connectivity index (χ3v) is 4.95. The molecule has 3 aromatic rings. The van der Waals surface area contributed by atoms with E-state index in [1.165, 1.54) is 10.6 Å². The van der Waals surface area contributed by atoms with Crippen molar-refractivity contribution in [3.8, 4) is 11.6 Å². The molecule has 0 fully saturated rings. The molecule has 7 heteroatoms. The van der Waals surface area contributed by atoms with Gasteiger partial charge in [-0.1, -0.05) is 48.0 Å². The standard InChI is InChI=1S/C21H13ClN2O3S/c22-14-7-9-15(10-8-14)24-20(27)17(19(26)23-21(24)28)11-13-6-5-12-3-1-2-4-16(12)18(13)25/h1-11,27H,(H,23,26,28). The lowest BCUT2D eigenvalue weighted by atomic mass is 9.92. The Labute approximate surface area is 169 Å². The van der Waals surface area contributed by atoms with Gasteiger partial charge in [0.05, 0.1) is 5.69 Å². The van der Waals surface area contributed by atoms with Crippen molar-refractivity contribution in [1.29, 1.82) is 0 Å². The van der Waals surface area contributed by atoms with E-state index in [9.17, 15) is 14.7 Å². The molecule has 2 N–H and O–H groups in total. The SMILES string of the molecule is O=C1C(=Cc2c(O)n(-c3ccc(Cl)cc3)c(=S)[nH]c2=O)C=Cc2ccccc21. The highest BCUT2D eigenvalue weighted by Crippen LogP contribution is 2.27. The number of benzene rings is 2. The average molecular weight is 409 g/mol. The molecule has 1 heterocycles. The van der Waals surface area contributed by atoms with E-state index in [0.29, 0.717) is 21.8 Å². The smallest absolute Gasteiger partial charge is 0.262 e. The molecule has 0 unspecified atom stereocenters. The van der Waals surface area contributed by atoms with Gasteiger partial charge in [-0.25, -0.2) is 0 Å². The third-order valence-electron chi connectivity index (χ3n) is 4.42. The molecule has 0 bridgehead atoms. The highest BCUT2D eigenvalue weighted by atomic mass is 35.5. The van der Waals surface area contributed by atoms with Crippen molar-refractivity contribution in [2.75, 3.05) is 0 Å². The fourth-order valence-corrected chi connectivity index (χ4v) is 3.44. The van der Waals surface area contributed by atoms with Gasteiger partial charge in [-0.15, -0.1) is 0 Å². The predicted molar refractivity (Wildman–Crippen MR) is 112 cm³/mol. The molecule has 28 heavy (non-hydrogen) atoms. The molecule has 1 aliphatic carbocycles. The number of carbonyl (C=O) groups is 1. The highest BCUT2D eigenvalue weighted by molar-refractivity contribution is 7.71. The van der Waals surface area contributed by atoms with Crippen LogP contribution in [0.1, 0.15) is 21.5 Å². The van der Waals surface area contributed by atoms with Crippen molar-refractivity contribution in [3.05, 3.63) is 97.0 Å². The third kappa shape index (κ3) is 3.13. The monoisotopic (exact) mass is 408 g/mol. The summed E-state index contributed by atoms with van der Waals surface area (Å²) >= 11 is 11.1. The Balaban J connectivity index is 1.88. The first-order chi connectivity index (χ1) is 13.5. The lowest BCUT2D eigenvalue weighted by Crippen LogP contribution is -2.17. The van der Waals surface area contributed by atoms with Crippen LogP contribution < -0.4 is 5.56 Å². The van der Waals surface area contributed by atoms with Gasteiger partial charge in [0.25, 0.3) is 5.56 Å².